The second-order valence-electron chi connectivity index (χ2n) is 4.16. The standard InChI is InChI=1S/C14H14N2O2/c1-8(2)14(17)18-11-3-4-12-9(6-11)5-10(15)7-13(12)16/h3-7H,1,15-16H2,2H3. The molecule has 18 heavy (non-hydrogen) atoms. The third-order valence-electron chi connectivity index (χ3n) is 2.54. The third kappa shape index (κ3) is 2.27. The summed E-state index contributed by atoms with van der Waals surface area (Å²) in [6, 6.07) is 8.69. The minimum Gasteiger partial charge on any atom is -0.423 e. The Morgan fingerprint density at radius 1 is 1.22 bits per heavy atom. The fourth-order valence-corrected chi connectivity index (χ4v) is 1.66. The molecule has 0 fully saturated rings. The summed E-state index contributed by atoms with van der Waals surface area (Å²) >= 11 is 0. The van der Waals surface area contributed by atoms with Crippen molar-refractivity contribution >= 4 is 28.1 Å². The van der Waals surface area contributed by atoms with Crippen LogP contribution in [0.25, 0.3) is 10.8 Å². The molecule has 2 rings (SSSR count). The monoisotopic (exact) mass is 242 g/mol. The second kappa shape index (κ2) is 4.41. The van der Waals surface area contributed by atoms with Gasteiger partial charge < -0.3 is 16.2 Å². The van der Waals surface area contributed by atoms with Gasteiger partial charge in [0, 0.05) is 22.3 Å². The largest absolute Gasteiger partial charge is 0.423 e. The summed E-state index contributed by atoms with van der Waals surface area (Å²) in [5, 5.41) is 1.71. The molecule has 0 saturated heterocycles. The number of hydrogen-bond donors (Lipinski definition) is 2. The van der Waals surface area contributed by atoms with Gasteiger partial charge in [-0.3, -0.25) is 0 Å². The Morgan fingerprint density at radius 2 is 1.94 bits per heavy atom. The molecule has 0 spiro atoms. The Kier molecular flexibility index (Phi) is 2.93. The number of rotatable bonds is 2. The van der Waals surface area contributed by atoms with Gasteiger partial charge in [-0.15, -0.1) is 0 Å². The van der Waals surface area contributed by atoms with Gasteiger partial charge in [0.05, 0.1) is 0 Å². The number of carbonyl (C=O) groups is 1. The van der Waals surface area contributed by atoms with Crippen molar-refractivity contribution in [3.8, 4) is 5.75 Å². The molecule has 4 nitrogen and oxygen atoms in total. The molecule has 4 N–H and O–H groups in total. The van der Waals surface area contributed by atoms with Gasteiger partial charge in [0.2, 0.25) is 0 Å². The van der Waals surface area contributed by atoms with E-state index >= 15 is 0 Å². The number of fused-ring (bicyclic) bond motifs is 1. The van der Waals surface area contributed by atoms with E-state index in [1.165, 1.54) is 0 Å². The minimum atomic E-state index is -0.453. The topological polar surface area (TPSA) is 78.3 Å². The normalized spacial score (nSPS) is 10.3. The quantitative estimate of drug-likeness (QED) is 0.367. The average Bonchev–Trinajstić information content (AvgIpc) is 2.27. The first-order valence-corrected chi connectivity index (χ1v) is 5.44. The molecule has 0 atom stereocenters. The fourth-order valence-electron chi connectivity index (χ4n) is 1.66. The number of esters is 1. The SMILES string of the molecule is C=C(C)C(=O)Oc1ccc2c(N)cc(N)cc2c1. The van der Waals surface area contributed by atoms with Crippen molar-refractivity contribution in [3.05, 3.63) is 42.5 Å². The Bertz CT molecular complexity index is 648. The highest BCUT2D eigenvalue weighted by Crippen LogP contribution is 2.28. The number of nitrogen functional groups attached to an aromatic ring is 2. The highest BCUT2D eigenvalue weighted by Gasteiger charge is 2.07. The lowest BCUT2D eigenvalue weighted by atomic mass is 10.1. The highest BCUT2D eigenvalue weighted by atomic mass is 16.5. The van der Waals surface area contributed by atoms with Gasteiger partial charge in [0.15, 0.2) is 0 Å². The molecule has 0 bridgehead atoms. The lowest BCUT2D eigenvalue weighted by molar-refractivity contribution is -0.130. The minimum absolute atomic E-state index is 0.349. The van der Waals surface area contributed by atoms with E-state index in [0.29, 0.717) is 22.7 Å². The Hall–Kier alpha value is -2.49. The third-order valence-corrected chi connectivity index (χ3v) is 2.54. The fraction of sp³-hybridized carbons (Fsp3) is 0.0714. The summed E-state index contributed by atoms with van der Waals surface area (Å²) in [6.45, 7) is 5.12. The van der Waals surface area contributed by atoms with Crippen LogP contribution in [-0.4, -0.2) is 5.97 Å². The van der Waals surface area contributed by atoms with E-state index in [4.69, 9.17) is 16.2 Å². The molecule has 92 valence electrons. The highest BCUT2D eigenvalue weighted by molar-refractivity contribution is 5.97. The second-order valence-corrected chi connectivity index (χ2v) is 4.16. The summed E-state index contributed by atoms with van der Waals surface area (Å²) in [4.78, 5) is 11.4. The maximum absolute atomic E-state index is 11.4. The van der Waals surface area contributed by atoms with Crippen LogP contribution in [0.4, 0.5) is 11.4 Å². The predicted molar refractivity (Wildman–Crippen MR) is 73.2 cm³/mol. The molecule has 0 radical (unpaired) electrons. The Balaban J connectivity index is 2.44. The van der Waals surface area contributed by atoms with Crippen molar-refractivity contribution in [2.45, 2.75) is 6.92 Å². The van der Waals surface area contributed by atoms with Crippen LogP contribution in [0.2, 0.25) is 0 Å². The molecule has 0 heterocycles. The van der Waals surface area contributed by atoms with Crippen LogP contribution in [0.1, 0.15) is 6.92 Å². The molecule has 4 heteroatoms. The average molecular weight is 242 g/mol. The van der Waals surface area contributed by atoms with Crippen molar-refractivity contribution < 1.29 is 9.53 Å². The van der Waals surface area contributed by atoms with Crippen LogP contribution >= 0.6 is 0 Å². The predicted octanol–water partition coefficient (Wildman–Crippen LogP) is 2.49. The number of nitrogens with two attached hydrogens (primary N) is 2. The number of carbonyl (C=O) groups excluding carboxylic acids is 1. The van der Waals surface area contributed by atoms with Crippen molar-refractivity contribution in [2.75, 3.05) is 11.5 Å². The lowest BCUT2D eigenvalue weighted by Crippen LogP contribution is -2.08. The van der Waals surface area contributed by atoms with Gasteiger partial charge in [-0.1, -0.05) is 6.58 Å². The molecule has 0 aliphatic rings. The molecular formula is C14H14N2O2. The first-order chi connectivity index (χ1) is 8.47. The van der Waals surface area contributed by atoms with Crippen LogP contribution in [0.5, 0.6) is 5.75 Å². The van der Waals surface area contributed by atoms with E-state index in [0.717, 1.165) is 10.8 Å². The molecular weight excluding hydrogens is 228 g/mol. The van der Waals surface area contributed by atoms with Gasteiger partial charge in [0.1, 0.15) is 5.75 Å². The molecule has 0 amide bonds. The van der Waals surface area contributed by atoms with Gasteiger partial charge in [-0.2, -0.15) is 0 Å². The Labute approximate surface area is 105 Å². The zero-order valence-corrected chi connectivity index (χ0v) is 10.1. The van der Waals surface area contributed by atoms with Crippen molar-refractivity contribution in [1.29, 1.82) is 0 Å². The zero-order chi connectivity index (χ0) is 13.3. The van der Waals surface area contributed by atoms with Gasteiger partial charge in [-0.25, -0.2) is 4.79 Å². The van der Waals surface area contributed by atoms with E-state index in [9.17, 15) is 4.79 Å². The van der Waals surface area contributed by atoms with E-state index in [-0.39, 0.29) is 0 Å². The van der Waals surface area contributed by atoms with Crippen molar-refractivity contribution in [1.82, 2.24) is 0 Å². The van der Waals surface area contributed by atoms with Gasteiger partial charge in [-0.05, 0) is 42.6 Å². The summed E-state index contributed by atoms with van der Waals surface area (Å²) in [6.07, 6.45) is 0. The maximum Gasteiger partial charge on any atom is 0.338 e. The number of ether oxygens (including phenoxy) is 1. The van der Waals surface area contributed by atoms with E-state index < -0.39 is 5.97 Å². The smallest absolute Gasteiger partial charge is 0.338 e. The number of benzene rings is 2. The summed E-state index contributed by atoms with van der Waals surface area (Å²) in [7, 11) is 0. The molecule has 0 aliphatic carbocycles. The van der Waals surface area contributed by atoms with E-state index in [2.05, 4.69) is 6.58 Å². The first kappa shape index (κ1) is 12.0. The van der Waals surface area contributed by atoms with Crippen molar-refractivity contribution in [2.24, 2.45) is 0 Å². The maximum atomic E-state index is 11.4. The van der Waals surface area contributed by atoms with E-state index in [1.54, 1.807) is 37.3 Å². The summed E-state index contributed by atoms with van der Waals surface area (Å²) < 4.78 is 5.14. The zero-order valence-electron chi connectivity index (χ0n) is 10.1. The molecule has 0 aliphatic heterocycles. The summed E-state index contributed by atoms with van der Waals surface area (Å²) in [5.74, 6) is -0.00766. The van der Waals surface area contributed by atoms with Crippen LogP contribution in [0.15, 0.2) is 42.5 Å². The van der Waals surface area contributed by atoms with Gasteiger partial charge in [0.25, 0.3) is 0 Å². The number of hydrogen-bond acceptors (Lipinski definition) is 4. The van der Waals surface area contributed by atoms with Gasteiger partial charge >= 0.3 is 5.97 Å². The molecule has 0 aromatic heterocycles. The molecule has 2 aromatic rings. The van der Waals surface area contributed by atoms with E-state index in [1.807, 2.05) is 0 Å². The van der Waals surface area contributed by atoms with Crippen molar-refractivity contribution in [3.63, 3.8) is 0 Å². The first-order valence-electron chi connectivity index (χ1n) is 5.44. The molecule has 2 aromatic carbocycles. The van der Waals surface area contributed by atoms with Crippen LogP contribution < -0.4 is 16.2 Å². The Morgan fingerprint density at radius 3 is 2.61 bits per heavy atom. The van der Waals surface area contributed by atoms with Crippen LogP contribution in [0, 0.1) is 0 Å². The van der Waals surface area contributed by atoms with Crippen LogP contribution in [-0.2, 0) is 4.79 Å². The summed E-state index contributed by atoms with van der Waals surface area (Å²) in [5.41, 5.74) is 13.1. The van der Waals surface area contributed by atoms with Crippen LogP contribution in [0.3, 0.4) is 0 Å². The molecule has 0 saturated carbocycles. The molecule has 0 unspecified atom stereocenters. The number of anilines is 2. The lowest BCUT2D eigenvalue weighted by Gasteiger charge is -2.07.